The Morgan fingerprint density at radius 1 is 1.39 bits per heavy atom. The molecule has 0 N–H and O–H groups in total. The highest BCUT2D eigenvalue weighted by Gasteiger charge is 2.17. The molecule has 0 bridgehead atoms. The van der Waals surface area contributed by atoms with Crippen molar-refractivity contribution in [2.45, 2.75) is 20.0 Å². The maximum absolute atomic E-state index is 12.1. The summed E-state index contributed by atoms with van der Waals surface area (Å²) in [5.74, 6) is -0.490. The standard InChI is InChI=1S/C15H11BrN2O4S/c1-2-11-14(23-18-17-11)15(20)21-7-8-5-13(19)22-12-6-9(16)3-4-10(8)12/h3-6H,2,7H2,1H3. The predicted molar refractivity (Wildman–Crippen MR) is 88.6 cm³/mol. The van der Waals surface area contributed by atoms with Crippen LogP contribution in [0.4, 0.5) is 0 Å². The second-order valence-corrected chi connectivity index (χ2v) is 6.38. The number of aryl methyl sites for hydroxylation is 1. The van der Waals surface area contributed by atoms with Crippen LogP contribution in [0.15, 0.2) is 37.9 Å². The smallest absolute Gasteiger partial charge is 0.352 e. The van der Waals surface area contributed by atoms with Gasteiger partial charge in [0.2, 0.25) is 0 Å². The summed E-state index contributed by atoms with van der Waals surface area (Å²) in [4.78, 5) is 24.2. The maximum atomic E-state index is 12.1. The molecule has 3 aromatic rings. The molecule has 0 saturated carbocycles. The summed E-state index contributed by atoms with van der Waals surface area (Å²) in [5, 5.41) is 4.60. The van der Waals surface area contributed by atoms with Gasteiger partial charge in [-0.25, -0.2) is 9.59 Å². The third kappa shape index (κ3) is 3.32. The van der Waals surface area contributed by atoms with Crippen LogP contribution in [0.25, 0.3) is 11.0 Å². The Bertz CT molecular complexity index is 935. The first-order valence-corrected chi connectivity index (χ1v) is 8.35. The summed E-state index contributed by atoms with van der Waals surface area (Å²) in [6, 6.07) is 6.66. The van der Waals surface area contributed by atoms with E-state index in [9.17, 15) is 9.59 Å². The zero-order valence-electron chi connectivity index (χ0n) is 12.0. The van der Waals surface area contributed by atoms with Gasteiger partial charge >= 0.3 is 11.6 Å². The number of rotatable bonds is 4. The van der Waals surface area contributed by atoms with E-state index in [0.717, 1.165) is 21.4 Å². The second-order valence-electron chi connectivity index (χ2n) is 4.71. The van der Waals surface area contributed by atoms with Gasteiger partial charge in [0.05, 0.1) is 5.69 Å². The second kappa shape index (κ2) is 6.59. The highest BCUT2D eigenvalue weighted by molar-refractivity contribution is 9.10. The highest BCUT2D eigenvalue weighted by atomic mass is 79.9. The van der Waals surface area contributed by atoms with Gasteiger partial charge < -0.3 is 9.15 Å². The summed E-state index contributed by atoms with van der Waals surface area (Å²) in [6.07, 6.45) is 0.604. The van der Waals surface area contributed by atoms with Crippen LogP contribution >= 0.6 is 27.5 Å². The number of halogens is 1. The van der Waals surface area contributed by atoms with Gasteiger partial charge in [-0.3, -0.25) is 0 Å². The van der Waals surface area contributed by atoms with E-state index in [1.807, 2.05) is 13.0 Å². The van der Waals surface area contributed by atoms with E-state index >= 15 is 0 Å². The molecule has 2 heterocycles. The molecule has 3 rings (SSSR count). The first kappa shape index (κ1) is 15.8. The van der Waals surface area contributed by atoms with Gasteiger partial charge in [-0.1, -0.05) is 27.3 Å². The van der Waals surface area contributed by atoms with Gasteiger partial charge in [0, 0.05) is 21.5 Å². The third-order valence-electron chi connectivity index (χ3n) is 3.23. The lowest BCUT2D eigenvalue weighted by molar-refractivity contribution is 0.0478. The molecule has 0 radical (unpaired) electrons. The van der Waals surface area contributed by atoms with E-state index in [2.05, 4.69) is 25.5 Å². The zero-order valence-corrected chi connectivity index (χ0v) is 14.4. The van der Waals surface area contributed by atoms with E-state index in [1.165, 1.54) is 6.07 Å². The number of fused-ring (bicyclic) bond motifs is 1. The van der Waals surface area contributed by atoms with Gasteiger partial charge in [0.25, 0.3) is 0 Å². The quantitative estimate of drug-likeness (QED) is 0.498. The van der Waals surface area contributed by atoms with Gasteiger partial charge in [-0.2, -0.15) is 0 Å². The molecule has 0 fully saturated rings. The molecule has 0 amide bonds. The number of aromatic nitrogens is 2. The summed E-state index contributed by atoms with van der Waals surface area (Å²) in [7, 11) is 0. The van der Waals surface area contributed by atoms with Crippen LogP contribution in [0, 0.1) is 0 Å². The van der Waals surface area contributed by atoms with Crippen LogP contribution in [0.2, 0.25) is 0 Å². The molecule has 0 unspecified atom stereocenters. The van der Waals surface area contributed by atoms with Gasteiger partial charge in [0.15, 0.2) is 4.88 Å². The molecule has 0 saturated heterocycles. The lowest BCUT2D eigenvalue weighted by atomic mass is 10.1. The van der Waals surface area contributed by atoms with Crippen molar-refractivity contribution < 1.29 is 13.9 Å². The van der Waals surface area contributed by atoms with Gasteiger partial charge in [0.1, 0.15) is 12.2 Å². The number of nitrogens with zero attached hydrogens (tertiary/aromatic N) is 2. The van der Waals surface area contributed by atoms with Crippen molar-refractivity contribution in [3.63, 3.8) is 0 Å². The third-order valence-corrected chi connectivity index (χ3v) is 4.47. The first-order chi connectivity index (χ1) is 11.1. The average molecular weight is 395 g/mol. The maximum Gasteiger partial charge on any atom is 0.352 e. The van der Waals surface area contributed by atoms with Crippen LogP contribution in [-0.2, 0) is 17.8 Å². The Balaban J connectivity index is 1.87. The minimum absolute atomic E-state index is 0.0242. The number of carbonyl (C=O) groups excluding carboxylic acids is 1. The topological polar surface area (TPSA) is 82.3 Å². The minimum atomic E-state index is -0.490. The summed E-state index contributed by atoms with van der Waals surface area (Å²) in [6.45, 7) is 1.87. The Morgan fingerprint density at radius 3 is 3.00 bits per heavy atom. The van der Waals surface area contributed by atoms with E-state index < -0.39 is 11.6 Å². The number of esters is 1. The van der Waals surface area contributed by atoms with Gasteiger partial charge in [-0.05, 0) is 36.2 Å². The van der Waals surface area contributed by atoms with Crippen molar-refractivity contribution in [1.29, 1.82) is 0 Å². The molecule has 23 heavy (non-hydrogen) atoms. The molecular formula is C15H11BrN2O4S. The summed E-state index contributed by atoms with van der Waals surface area (Å²) < 4.78 is 15.0. The summed E-state index contributed by atoms with van der Waals surface area (Å²) >= 11 is 4.33. The number of benzene rings is 1. The van der Waals surface area contributed by atoms with Crippen LogP contribution < -0.4 is 5.63 Å². The Hall–Kier alpha value is -2.06. The fourth-order valence-corrected chi connectivity index (χ4v) is 3.11. The Kier molecular flexibility index (Phi) is 4.53. The molecule has 6 nitrogen and oxygen atoms in total. The number of ether oxygens (including phenoxy) is 1. The average Bonchev–Trinajstić information content (AvgIpc) is 3.00. The summed E-state index contributed by atoms with van der Waals surface area (Å²) in [5.41, 5.74) is 1.15. The number of carbonyl (C=O) groups is 1. The normalized spacial score (nSPS) is 10.9. The molecule has 0 aliphatic rings. The van der Waals surface area contributed by atoms with E-state index in [1.54, 1.807) is 12.1 Å². The zero-order chi connectivity index (χ0) is 16.4. The van der Waals surface area contributed by atoms with Crippen LogP contribution in [0.5, 0.6) is 0 Å². The van der Waals surface area contributed by atoms with E-state index in [4.69, 9.17) is 9.15 Å². The fourth-order valence-electron chi connectivity index (χ4n) is 2.13. The van der Waals surface area contributed by atoms with Crippen LogP contribution in [0.1, 0.15) is 27.9 Å². The van der Waals surface area contributed by atoms with Crippen LogP contribution in [0.3, 0.4) is 0 Å². The number of hydrogen-bond acceptors (Lipinski definition) is 7. The van der Waals surface area contributed by atoms with Crippen molar-refractivity contribution in [2.24, 2.45) is 0 Å². The SMILES string of the molecule is CCc1nnsc1C(=O)OCc1cc(=O)oc2cc(Br)ccc12. The molecule has 0 aliphatic carbocycles. The monoisotopic (exact) mass is 394 g/mol. The molecule has 0 aliphatic heterocycles. The van der Waals surface area contributed by atoms with Crippen molar-refractivity contribution in [3.05, 3.63) is 55.3 Å². The molecule has 0 atom stereocenters. The van der Waals surface area contributed by atoms with E-state index in [0.29, 0.717) is 28.1 Å². The minimum Gasteiger partial charge on any atom is -0.457 e. The van der Waals surface area contributed by atoms with Crippen molar-refractivity contribution in [2.75, 3.05) is 0 Å². The number of hydrogen-bond donors (Lipinski definition) is 0. The first-order valence-electron chi connectivity index (χ1n) is 6.79. The molecule has 118 valence electrons. The molecule has 2 aromatic heterocycles. The van der Waals surface area contributed by atoms with Crippen molar-refractivity contribution in [3.8, 4) is 0 Å². The molecule has 0 spiro atoms. The highest BCUT2D eigenvalue weighted by Crippen LogP contribution is 2.22. The van der Waals surface area contributed by atoms with E-state index in [-0.39, 0.29) is 6.61 Å². The lowest BCUT2D eigenvalue weighted by Crippen LogP contribution is -2.08. The van der Waals surface area contributed by atoms with Crippen molar-refractivity contribution in [1.82, 2.24) is 9.59 Å². The fraction of sp³-hybridized carbons (Fsp3) is 0.200. The Labute approximate surface area is 143 Å². The van der Waals surface area contributed by atoms with Crippen molar-refractivity contribution >= 4 is 44.4 Å². The molecule has 1 aromatic carbocycles. The molecular weight excluding hydrogens is 384 g/mol. The largest absolute Gasteiger partial charge is 0.457 e. The predicted octanol–water partition coefficient (Wildman–Crippen LogP) is 3.33. The van der Waals surface area contributed by atoms with Gasteiger partial charge in [-0.15, -0.1) is 5.10 Å². The van der Waals surface area contributed by atoms with Crippen LogP contribution in [-0.4, -0.2) is 15.6 Å². The molecule has 8 heteroatoms. The Morgan fingerprint density at radius 2 is 2.22 bits per heavy atom. The lowest BCUT2D eigenvalue weighted by Gasteiger charge is -2.07.